The van der Waals surface area contributed by atoms with Gasteiger partial charge in [0.25, 0.3) is 0 Å². The predicted molar refractivity (Wildman–Crippen MR) is 70.5 cm³/mol. The minimum Gasteiger partial charge on any atom is -0.481 e. The van der Waals surface area contributed by atoms with Crippen molar-refractivity contribution in [2.24, 2.45) is 5.41 Å². The van der Waals surface area contributed by atoms with E-state index >= 15 is 0 Å². The Balaban J connectivity index is 1.99. The zero-order chi connectivity index (χ0) is 14.9. The van der Waals surface area contributed by atoms with Crippen molar-refractivity contribution >= 4 is 12.0 Å². The van der Waals surface area contributed by atoms with Crippen LogP contribution in [0, 0.1) is 5.41 Å². The molecule has 2 saturated heterocycles. The molecule has 0 aromatic rings. The molecule has 4 unspecified atom stereocenters. The summed E-state index contributed by atoms with van der Waals surface area (Å²) in [6, 6.07) is -0.781. The number of nitrogens with zero attached hydrogens (tertiary/aromatic N) is 1. The molecule has 2 fully saturated rings. The highest BCUT2D eigenvalue weighted by Gasteiger charge is 2.48. The van der Waals surface area contributed by atoms with E-state index in [1.54, 1.807) is 18.9 Å². The summed E-state index contributed by atoms with van der Waals surface area (Å²) in [6.07, 6.45) is 0.791. The van der Waals surface area contributed by atoms with Crippen LogP contribution in [0.5, 0.6) is 0 Å². The zero-order valence-corrected chi connectivity index (χ0v) is 12.1. The lowest BCUT2D eigenvalue weighted by Crippen LogP contribution is -2.55. The number of carbonyl (C=O) groups is 2. The molecule has 2 aliphatic rings. The van der Waals surface area contributed by atoms with Crippen LogP contribution in [0.15, 0.2) is 0 Å². The largest absolute Gasteiger partial charge is 0.481 e. The van der Waals surface area contributed by atoms with Crippen LogP contribution in [0.1, 0.15) is 20.3 Å². The highest BCUT2D eigenvalue weighted by molar-refractivity contribution is 5.79. The topological polar surface area (TPSA) is 88.1 Å². The first-order valence-electron chi connectivity index (χ1n) is 6.82. The maximum Gasteiger partial charge on any atom is 0.317 e. The molecule has 2 aliphatic heterocycles. The van der Waals surface area contributed by atoms with Crippen molar-refractivity contribution < 1.29 is 24.2 Å². The van der Waals surface area contributed by atoms with Gasteiger partial charge in [0.2, 0.25) is 0 Å². The molecule has 2 rings (SSSR count). The van der Waals surface area contributed by atoms with Crippen molar-refractivity contribution in [1.82, 2.24) is 10.2 Å². The summed E-state index contributed by atoms with van der Waals surface area (Å²) < 4.78 is 10.7. The lowest BCUT2D eigenvalue weighted by Gasteiger charge is -2.31. The van der Waals surface area contributed by atoms with E-state index in [0.29, 0.717) is 6.61 Å². The molecule has 4 atom stereocenters. The van der Waals surface area contributed by atoms with Crippen LogP contribution in [0.2, 0.25) is 0 Å². The highest BCUT2D eigenvalue weighted by Crippen LogP contribution is 2.29. The Kier molecular flexibility index (Phi) is 4.19. The molecule has 114 valence electrons. The number of hydrogen-bond donors (Lipinski definition) is 2. The average Bonchev–Trinajstić information content (AvgIpc) is 2.96. The lowest BCUT2D eigenvalue weighted by atomic mass is 9.85. The fourth-order valence-corrected chi connectivity index (χ4v) is 2.72. The minimum absolute atomic E-state index is 0.00330. The normalized spacial score (nSPS) is 36.9. The molecule has 0 aromatic carbocycles. The van der Waals surface area contributed by atoms with Crippen LogP contribution in [-0.2, 0) is 14.3 Å². The molecule has 7 heteroatoms. The number of carboxylic acids is 1. The Morgan fingerprint density at radius 1 is 1.45 bits per heavy atom. The van der Waals surface area contributed by atoms with Gasteiger partial charge in [0.05, 0.1) is 31.4 Å². The Morgan fingerprint density at radius 3 is 2.70 bits per heavy atom. The fraction of sp³-hybridized carbons (Fsp3) is 0.846. The van der Waals surface area contributed by atoms with Gasteiger partial charge in [0.15, 0.2) is 0 Å². The number of hydrogen-bond acceptors (Lipinski definition) is 4. The number of likely N-dealkylation sites (N-methyl/N-ethyl adjacent to an activating group) is 1. The second kappa shape index (κ2) is 5.57. The van der Waals surface area contributed by atoms with Crippen LogP contribution in [-0.4, -0.2) is 67.1 Å². The van der Waals surface area contributed by atoms with Gasteiger partial charge < -0.3 is 24.8 Å². The number of carboxylic acid groups (broad SMARTS) is 1. The van der Waals surface area contributed by atoms with Gasteiger partial charge in [-0.05, 0) is 20.3 Å². The third kappa shape index (κ3) is 2.60. The SMILES string of the molecule is CC1OCCC1N(C)C(=O)NC1COCC1(C)C(=O)O. The van der Waals surface area contributed by atoms with E-state index in [2.05, 4.69) is 5.32 Å². The van der Waals surface area contributed by atoms with Gasteiger partial charge in [0, 0.05) is 13.7 Å². The lowest BCUT2D eigenvalue weighted by molar-refractivity contribution is -0.148. The quantitative estimate of drug-likeness (QED) is 0.779. The number of ether oxygens (including phenoxy) is 2. The van der Waals surface area contributed by atoms with Crippen LogP contribution in [0.3, 0.4) is 0 Å². The average molecular weight is 286 g/mol. The third-order valence-corrected chi connectivity index (χ3v) is 4.40. The van der Waals surface area contributed by atoms with Crippen LogP contribution in [0.25, 0.3) is 0 Å². The van der Waals surface area contributed by atoms with Gasteiger partial charge in [-0.15, -0.1) is 0 Å². The van der Waals surface area contributed by atoms with E-state index in [9.17, 15) is 14.7 Å². The Bertz CT molecular complexity index is 402. The molecule has 7 nitrogen and oxygen atoms in total. The zero-order valence-electron chi connectivity index (χ0n) is 12.1. The van der Waals surface area contributed by atoms with Crippen molar-refractivity contribution in [3.8, 4) is 0 Å². The van der Waals surface area contributed by atoms with E-state index in [-0.39, 0.29) is 31.4 Å². The predicted octanol–water partition coefficient (Wildman–Crippen LogP) is 0.295. The molecule has 0 spiro atoms. The smallest absolute Gasteiger partial charge is 0.317 e. The molecule has 2 amide bonds. The number of aliphatic carboxylic acids is 1. The summed E-state index contributed by atoms with van der Waals surface area (Å²) in [5.74, 6) is -0.958. The first-order valence-corrected chi connectivity index (χ1v) is 6.82. The van der Waals surface area contributed by atoms with E-state index < -0.39 is 17.4 Å². The monoisotopic (exact) mass is 286 g/mol. The number of rotatable bonds is 3. The minimum atomic E-state index is -1.08. The molecule has 0 radical (unpaired) electrons. The highest BCUT2D eigenvalue weighted by atomic mass is 16.5. The number of carbonyl (C=O) groups excluding carboxylic acids is 1. The Hall–Kier alpha value is -1.34. The molecule has 2 heterocycles. The maximum absolute atomic E-state index is 12.3. The summed E-state index contributed by atoms with van der Waals surface area (Å²) in [4.78, 5) is 25.2. The van der Waals surface area contributed by atoms with Gasteiger partial charge in [-0.25, -0.2) is 4.79 Å². The van der Waals surface area contributed by atoms with Crippen molar-refractivity contribution in [3.63, 3.8) is 0 Å². The van der Waals surface area contributed by atoms with E-state index in [1.165, 1.54) is 0 Å². The van der Waals surface area contributed by atoms with Gasteiger partial charge in [0.1, 0.15) is 5.41 Å². The molecule has 0 aliphatic carbocycles. The molecular weight excluding hydrogens is 264 g/mol. The van der Waals surface area contributed by atoms with E-state index in [4.69, 9.17) is 9.47 Å². The van der Waals surface area contributed by atoms with Gasteiger partial charge in [-0.2, -0.15) is 0 Å². The van der Waals surface area contributed by atoms with Crippen molar-refractivity contribution in [3.05, 3.63) is 0 Å². The summed E-state index contributed by atoms with van der Waals surface area (Å²) >= 11 is 0. The molecule has 20 heavy (non-hydrogen) atoms. The van der Waals surface area contributed by atoms with Gasteiger partial charge >= 0.3 is 12.0 Å². The summed E-state index contributed by atoms with van der Waals surface area (Å²) in [7, 11) is 1.71. The number of amides is 2. The molecule has 2 N–H and O–H groups in total. The first-order chi connectivity index (χ1) is 9.36. The Labute approximate surface area is 118 Å². The molecule has 0 aromatic heterocycles. The molecule has 0 saturated carbocycles. The van der Waals surface area contributed by atoms with Crippen LogP contribution >= 0.6 is 0 Å². The summed E-state index contributed by atoms with van der Waals surface area (Å²) in [5.41, 5.74) is -1.08. The van der Waals surface area contributed by atoms with Crippen molar-refractivity contribution in [1.29, 1.82) is 0 Å². The van der Waals surface area contributed by atoms with Crippen LogP contribution < -0.4 is 5.32 Å². The number of urea groups is 1. The van der Waals surface area contributed by atoms with Crippen LogP contribution in [0.4, 0.5) is 4.79 Å². The fourth-order valence-electron chi connectivity index (χ4n) is 2.72. The van der Waals surface area contributed by atoms with Gasteiger partial charge in [-0.1, -0.05) is 0 Å². The third-order valence-electron chi connectivity index (χ3n) is 4.40. The second-order valence-electron chi connectivity index (χ2n) is 5.78. The molecule has 0 bridgehead atoms. The standard InChI is InChI=1S/C13H22N2O5/c1-8-9(4-5-20-8)15(3)12(18)14-10-6-19-7-13(10,2)11(16)17/h8-10H,4-7H2,1-3H3,(H,14,18)(H,16,17). The summed E-state index contributed by atoms with van der Waals surface area (Å²) in [5, 5.41) is 12.1. The first kappa shape index (κ1) is 15.1. The molecular formula is C13H22N2O5. The van der Waals surface area contributed by atoms with Crippen molar-refractivity contribution in [2.75, 3.05) is 26.9 Å². The van der Waals surface area contributed by atoms with E-state index in [0.717, 1.165) is 6.42 Å². The van der Waals surface area contributed by atoms with E-state index in [1.807, 2.05) is 6.92 Å². The number of nitrogens with one attached hydrogen (secondary N) is 1. The van der Waals surface area contributed by atoms with Crippen molar-refractivity contribution in [2.45, 2.75) is 38.5 Å². The second-order valence-corrected chi connectivity index (χ2v) is 5.78. The maximum atomic E-state index is 12.3. The Morgan fingerprint density at radius 2 is 2.15 bits per heavy atom. The van der Waals surface area contributed by atoms with Gasteiger partial charge in [-0.3, -0.25) is 4.79 Å². The summed E-state index contributed by atoms with van der Waals surface area (Å²) in [6.45, 7) is 4.50.